The summed E-state index contributed by atoms with van der Waals surface area (Å²) in [6.07, 6.45) is 0. The number of carbonyl (C=O) groups excluding carboxylic acids is 1. The molecule has 0 unspecified atom stereocenters. The summed E-state index contributed by atoms with van der Waals surface area (Å²) in [5.74, 6) is 0.683. The highest BCUT2D eigenvalue weighted by Gasteiger charge is 2.18. The van der Waals surface area contributed by atoms with Gasteiger partial charge in [-0.15, -0.1) is 0 Å². The molecule has 0 aliphatic heterocycles. The SMILES string of the molecule is COc1ccc(C(=O)N(CCN(C)C)CC(C)C)cc1O. The Hall–Kier alpha value is -1.75. The zero-order chi connectivity index (χ0) is 16.0. The Labute approximate surface area is 127 Å². The zero-order valence-electron chi connectivity index (χ0n) is 13.6. The summed E-state index contributed by atoms with van der Waals surface area (Å²) in [6.45, 7) is 6.33. The number of phenols is 1. The fraction of sp³-hybridized carbons (Fsp3) is 0.562. The second-order valence-corrected chi connectivity index (χ2v) is 5.83. The van der Waals surface area contributed by atoms with Crippen molar-refractivity contribution >= 4 is 5.91 Å². The maximum Gasteiger partial charge on any atom is 0.254 e. The standard InChI is InChI=1S/C16H26N2O3/c1-12(2)11-18(9-8-17(3)4)16(20)13-6-7-15(21-5)14(19)10-13/h6-7,10,12,19H,8-9,11H2,1-5H3. The van der Waals surface area contributed by atoms with Gasteiger partial charge >= 0.3 is 0 Å². The normalized spacial score (nSPS) is 11.0. The number of aromatic hydroxyl groups is 1. The number of nitrogens with zero attached hydrogens (tertiary/aromatic N) is 2. The van der Waals surface area contributed by atoms with E-state index in [0.717, 1.165) is 6.54 Å². The predicted molar refractivity (Wildman–Crippen MR) is 84.0 cm³/mol. The third-order valence-corrected chi connectivity index (χ3v) is 3.12. The topological polar surface area (TPSA) is 53.0 Å². The van der Waals surface area contributed by atoms with Crippen molar-refractivity contribution in [2.75, 3.05) is 40.8 Å². The molecule has 0 heterocycles. The predicted octanol–water partition coefficient (Wildman–Crippen LogP) is 2.06. The number of hydrogen-bond donors (Lipinski definition) is 1. The van der Waals surface area contributed by atoms with Crippen LogP contribution in [0.1, 0.15) is 24.2 Å². The summed E-state index contributed by atoms with van der Waals surface area (Å²) >= 11 is 0. The average Bonchev–Trinajstić information content (AvgIpc) is 2.42. The Morgan fingerprint density at radius 1 is 1.29 bits per heavy atom. The zero-order valence-corrected chi connectivity index (χ0v) is 13.6. The molecule has 0 fully saturated rings. The minimum absolute atomic E-state index is 0.0135. The number of amides is 1. The number of rotatable bonds is 7. The first kappa shape index (κ1) is 17.3. The molecule has 0 spiro atoms. The van der Waals surface area contributed by atoms with Crippen molar-refractivity contribution < 1.29 is 14.6 Å². The number of likely N-dealkylation sites (N-methyl/N-ethyl adjacent to an activating group) is 1. The molecular weight excluding hydrogens is 268 g/mol. The monoisotopic (exact) mass is 294 g/mol. The van der Waals surface area contributed by atoms with Crippen LogP contribution in [-0.4, -0.2) is 61.7 Å². The van der Waals surface area contributed by atoms with Crippen LogP contribution in [-0.2, 0) is 0 Å². The van der Waals surface area contributed by atoms with Gasteiger partial charge in [0.05, 0.1) is 7.11 Å². The number of phenolic OH excluding ortho intramolecular Hbond substituents is 1. The lowest BCUT2D eigenvalue weighted by atomic mass is 10.1. The molecule has 1 N–H and O–H groups in total. The third kappa shape index (κ3) is 5.27. The Kier molecular flexibility index (Phi) is 6.49. The first-order valence-corrected chi connectivity index (χ1v) is 7.16. The number of hydrogen-bond acceptors (Lipinski definition) is 4. The maximum atomic E-state index is 12.6. The molecule has 1 rings (SSSR count). The van der Waals surface area contributed by atoms with Crippen molar-refractivity contribution in [1.82, 2.24) is 9.80 Å². The van der Waals surface area contributed by atoms with E-state index in [2.05, 4.69) is 13.8 Å². The lowest BCUT2D eigenvalue weighted by molar-refractivity contribution is 0.0724. The van der Waals surface area contributed by atoms with Crippen molar-refractivity contribution in [3.05, 3.63) is 23.8 Å². The number of ether oxygens (including phenoxy) is 1. The molecule has 0 bridgehead atoms. The highest BCUT2D eigenvalue weighted by molar-refractivity contribution is 5.95. The molecule has 0 aliphatic rings. The minimum atomic E-state index is -0.0662. The first-order valence-electron chi connectivity index (χ1n) is 7.16. The van der Waals surface area contributed by atoms with Crippen LogP contribution in [0.5, 0.6) is 11.5 Å². The molecule has 0 atom stereocenters. The highest BCUT2D eigenvalue weighted by Crippen LogP contribution is 2.26. The largest absolute Gasteiger partial charge is 0.504 e. The summed E-state index contributed by atoms with van der Waals surface area (Å²) in [5, 5.41) is 9.82. The van der Waals surface area contributed by atoms with Crippen molar-refractivity contribution in [3.63, 3.8) is 0 Å². The van der Waals surface area contributed by atoms with E-state index in [1.165, 1.54) is 13.2 Å². The number of carbonyl (C=O) groups is 1. The van der Waals surface area contributed by atoms with E-state index in [0.29, 0.717) is 30.3 Å². The molecule has 0 radical (unpaired) electrons. The van der Waals surface area contributed by atoms with Crippen LogP contribution in [0.2, 0.25) is 0 Å². The van der Waals surface area contributed by atoms with Crippen molar-refractivity contribution in [3.8, 4) is 11.5 Å². The van der Waals surface area contributed by atoms with Crippen molar-refractivity contribution in [2.45, 2.75) is 13.8 Å². The van der Waals surface area contributed by atoms with E-state index in [1.807, 2.05) is 23.9 Å². The molecule has 5 nitrogen and oxygen atoms in total. The summed E-state index contributed by atoms with van der Waals surface area (Å²) in [7, 11) is 5.45. The Morgan fingerprint density at radius 2 is 1.95 bits per heavy atom. The van der Waals surface area contributed by atoms with E-state index >= 15 is 0 Å². The fourth-order valence-electron chi connectivity index (χ4n) is 2.04. The van der Waals surface area contributed by atoms with Gasteiger partial charge in [0.15, 0.2) is 11.5 Å². The van der Waals surface area contributed by atoms with Gasteiger partial charge in [0, 0.05) is 25.2 Å². The van der Waals surface area contributed by atoms with Crippen LogP contribution in [0.25, 0.3) is 0 Å². The summed E-state index contributed by atoms with van der Waals surface area (Å²) in [6, 6.07) is 4.76. The van der Waals surface area contributed by atoms with Crippen molar-refractivity contribution in [1.29, 1.82) is 0 Å². The quantitative estimate of drug-likeness (QED) is 0.836. The smallest absolute Gasteiger partial charge is 0.254 e. The van der Waals surface area contributed by atoms with E-state index in [4.69, 9.17) is 4.74 Å². The van der Waals surface area contributed by atoms with Gasteiger partial charge < -0.3 is 19.6 Å². The van der Waals surface area contributed by atoms with Crippen LogP contribution >= 0.6 is 0 Å². The molecule has 0 aromatic heterocycles. The minimum Gasteiger partial charge on any atom is -0.504 e. The molecule has 0 saturated heterocycles. The molecule has 0 aliphatic carbocycles. The summed E-state index contributed by atoms with van der Waals surface area (Å²) in [4.78, 5) is 16.5. The summed E-state index contributed by atoms with van der Waals surface area (Å²) < 4.78 is 5.00. The molecule has 5 heteroatoms. The van der Waals surface area contributed by atoms with Gasteiger partial charge in [-0.05, 0) is 38.2 Å². The van der Waals surface area contributed by atoms with Gasteiger partial charge in [-0.3, -0.25) is 4.79 Å². The van der Waals surface area contributed by atoms with Crippen molar-refractivity contribution in [2.24, 2.45) is 5.92 Å². The van der Waals surface area contributed by atoms with E-state index < -0.39 is 0 Å². The van der Waals surface area contributed by atoms with Gasteiger partial charge in [-0.1, -0.05) is 13.8 Å². The second-order valence-electron chi connectivity index (χ2n) is 5.83. The van der Waals surface area contributed by atoms with Gasteiger partial charge in [-0.2, -0.15) is 0 Å². The maximum absolute atomic E-state index is 12.6. The van der Waals surface area contributed by atoms with Crippen LogP contribution in [0, 0.1) is 5.92 Å². The Balaban J connectivity index is 2.90. The molecule has 118 valence electrons. The van der Waals surface area contributed by atoms with Crippen LogP contribution < -0.4 is 4.74 Å². The highest BCUT2D eigenvalue weighted by atomic mass is 16.5. The second kappa shape index (κ2) is 7.88. The number of benzene rings is 1. The number of methoxy groups -OCH3 is 1. The first-order chi connectivity index (χ1) is 9.85. The van der Waals surface area contributed by atoms with Gasteiger partial charge in [0.1, 0.15) is 0 Å². The molecule has 0 saturated carbocycles. The average molecular weight is 294 g/mol. The summed E-state index contributed by atoms with van der Waals surface area (Å²) in [5.41, 5.74) is 0.479. The Morgan fingerprint density at radius 3 is 2.43 bits per heavy atom. The molecule has 21 heavy (non-hydrogen) atoms. The van der Waals surface area contributed by atoms with Crippen LogP contribution in [0.15, 0.2) is 18.2 Å². The van der Waals surface area contributed by atoms with E-state index in [9.17, 15) is 9.90 Å². The molecule has 1 aromatic rings. The van der Waals surface area contributed by atoms with E-state index in [-0.39, 0.29) is 11.7 Å². The Bertz CT molecular complexity index is 473. The van der Waals surface area contributed by atoms with Gasteiger partial charge in [0.2, 0.25) is 0 Å². The fourth-order valence-corrected chi connectivity index (χ4v) is 2.04. The van der Waals surface area contributed by atoms with Crippen LogP contribution in [0.3, 0.4) is 0 Å². The molecule has 1 amide bonds. The molecular formula is C16H26N2O3. The van der Waals surface area contributed by atoms with Crippen LogP contribution in [0.4, 0.5) is 0 Å². The lowest BCUT2D eigenvalue weighted by Gasteiger charge is -2.26. The van der Waals surface area contributed by atoms with E-state index in [1.54, 1.807) is 12.1 Å². The van der Waals surface area contributed by atoms with Gasteiger partial charge in [0.25, 0.3) is 5.91 Å². The molecule has 1 aromatic carbocycles. The van der Waals surface area contributed by atoms with Gasteiger partial charge in [-0.25, -0.2) is 0 Å². The third-order valence-electron chi connectivity index (χ3n) is 3.12. The lowest BCUT2D eigenvalue weighted by Crippen LogP contribution is -2.39.